The van der Waals surface area contributed by atoms with Gasteiger partial charge in [-0.15, -0.1) is 0 Å². The number of rotatable bonds is 10. The smallest absolute Gasteiger partial charge is 0.457 e. The number of pyridine rings is 1. The number of ether oxygens (including phenoxy) is 1. The van der Waals surface area contributed by atoms with Crippen molar-refractivity contribution in [2.45, 2.75) is 17.6 Å². The number of hydroxylamine groups is 1. The number of nitrogens with one attached hydrogen (secondary N) is 1. The number of sulfonamides is 1. The Kier molecular flexibility index (Phi) is 8.92. The lowest BCUT2D eigenvalue weighted by Gasteiger charge is -2.21. The highest BCUT2D eigenvalue weighted by Gasteiger charge is 2.44. The van der Waals surface area contributed by atoms with Crippen LogP contribution in [0.15, 0.2) is 114 Å². The highest BCUT2D eigenvalue weighted by atomic mass is 32.2. The molecule has 5 rings (SSSR count). The fraction of sp³-hybridized carbons (Fsp3) is 0.0667. The van der Waals surface area contributed by atoms with Gasteiger partial charge in [0.15, 0.2) is 0 Å². The Hall–Kier alpha value is -5.54. The van der Waals surface area contributed by atoms with Crippen LogP contribution >= 0.6 is 0 Å². The van der Waals surface area contributed by atoms with Crippen molar-refractivity contribution >= 4 is 33.4 Å². The van der Waals surface area contributed by atoms with Crippen LogP contribution in [0.5, 0.6) is 11.5 Å². The summed E-state index contributed by atoms with van der Waals surface area (Å²) in [7, 11) is -4.69. The van der Waals surface area contributed by atoms with Crippen LogP contribution in [0, 0.1) is 0 Å². The second-order valence-electron chi connectivity index (χ2n) is 9.25. The maximum Gasteiger partial charge on any atom is 0.492 e. The second kappa shape index (κ2) is 13.0. The third-order valence-corrected chi connectivity index (χ3v) is 7.59. The van der Waals surface area contributed by atoms with Crippen LogP contribution in [-0.2, 0) is 26.2 Å². The number of hydrogen-bond acceptors (Lipinski definition) is 10. The molecule has 0 amide bonds. The minimum Gasteiger partial charge on any atom is -0.457 e. The van der Waals surface area contributed by atoms with Gasteiger partial charge in [-0.05, 0) is 46.9 Å². The van der Waals surface area contributed by atoms with Crippen molar-refractivity contribution in [1.82, 2.24) is 19.4 Å². The van der Waals surface area contributed by atoms with Crippen molar-refractivity contribution in [3.05, 3.63) is 115 Å². The number of nitrogen functional groups attached to an aromatic ring is 1. The number of halogens is 3. The number of carbonyl (C=O) groups is 1. The van der Waals surface area contributed by atoms with E-state index in [0.29, 0.717) is 22.9 Å². The summed E-state index contributed by atoms with van der Waals surface area (Å²) in [5.41, 5.74) is 8.01. The molecule has 0 aliphatic rings. The lowest BCUT2D eigenvalue weighted by atomic mass is 10.1. The molecule has 0 unspecified atom stereocenters. The zero-order valence-electron chi connectivity index (χ0n) is 23.0. The van der Waals surface area contributed by atoms with Gasteiger partial charge in [0.05, 0.1) is 22.8 Å². The fourth-order valence-electron chi connectivity index (χ4n) is 3.94. The molecule has 2 aromatic heterocycles. The first-order valence-electron chi connectivity index (χ1n) is 13.0. The minimum atomic E-state index is -5.44. The Bertz CT molecular complexity index is 1900. The molecule has 0 bridgehead atoms. The third-order valence-electron chi connectivity index (χ3n) is 5.98. The van der Waals surface area contributed by atoms with Gasteiger partial charge in [-0.1, -0.05) is 48.5 Å². The van der Waals surface area contributed by atoms with Gasteiger partial charge in [0, 0.05) is 29.6 Å². The van der Waals surface area contributed by atoms with Crippen LogP contribution in [-0.4, -0.2) is 40.0 Å². The number of hydrogen-bond donors (Lipinski definition) is 2. The van der Waals surface area contributed by atoms with Gasteiger partial charge in [-0.2, -0.15) is 18.2 Å². The number of aromatic nitrogens is 3. The number of benzene rings is 3. The zero-order valence-corrected chi connectivity index (χ0v) is 23.9. The van der Waals surface area contributed by atoms with Crippen molar-refractivity contribution in [2.75, 3.05) is 11.1 Å². The summed E-state index contributed by atoms with van der Waals surface area (Å²) in [6.07, 6.45) is -4.17. The molecule has 0 saturated heterocycles. The molecule has 0 spiro atoms. The predicted molar refractivity (Wildman–Crippen MR) is 157 cm³/mol. The van der Waals surface area contributed by atoms with Gasteiger partial charge in [-0.3, -0.25) is 4.98 Å². The van der Waals surface area contributed by atoms with Crippen molar-refractivity contribution in [1.29, 1.82) is 0 Å². The number of nitrogens with zero attached hydrogens (tertiary/aromatic N) is 4. The summed E-state index contributed by atoms with van der Waals surface area (Å²) >= 11 is 0. The van der Waals surface area contributed by atoms with Crippen LogP contribution in [0.2, 0.25) is 0 Å². The molecule has 0 fully saturated rings. The van der Waals surface area contributed by atoms with Crippen LogP contribution in [0.4, 0.5) is 30.6 Å². The number of nitrogens with two attached hydrogens (primary N) is 1. The molecule has 0 atom stereocenters. The molecule has 0 aliphatic heterocycles. The van der Waals surface area contributed by atoms with Gasteiger partial charge in [-0.25, -0.2) is 18.2 Å². The van der Waals surface area contributed by atoms with Crippen molar-refractivity contribution in [3.63, 3.8) is 0 Å². The lowest BCUT2D eigenvalue weighted by molar-refractivity contribution is -0.223. The number of carbonyl (C=O) groups excluding carboxylic acids is 1. The Labute approximate surface area is 255 Å². The molecule has 2 heterocycles. The molecule has 3 aromatic carbocycles. The molecule has 11 nitrogen and oxygen atoms in total. The van der Waals surface area contributed by atoms with Gasteiger partial charge in [0.2, 0.25) is 5.95 Å². The molecule has 5 aromatic rings. The maximum atomic E-state index is 13.0. The minimum absolute atomic E-state index is 0.0594. The predicted octanol–water partition coefficient (Wildman–Crippen LogP) is 5.87. The van der Waals surface area contributed by atoms with Crippen LogP contribution in [0.25, 0.3) is 11.3 Å². The zero-order chi connectivity index (χ0) is 32.0. The van der Waals surface area contributed by atoms with E-state index in [1.807, 2.05) is 30.3 Å². The SMILES string of the molecule is Nc1nc(Nc2ccc(Oc3ccnc(CN(OC(=O)C(F)(F)F)S(=O)(=O)c4ccccc4)c3)cc2)cc(-c2ccccc2)n1. The first-order chi connectivity index (χ1) is 21.5. The van der Waals surface area contributed by atoms with E-state index >= 15 is 0 Å². The maximum absolute atomic E-state index is 13.0. The highest BCUT2D eigenvalue weighted by Crippen LogP contribution is 2.28. The van der Waals surface area contributed by atoms with Crippen molar-refractivity contribution in [2.24, 2.45) is 0 Å². The molecule has 15 heteroatoms. The number of anilines is 3. The monoisotopic (exact) mass is 636 g/mol. The summed E-state index contributed by atoms with van der Waals surface area (Å²) < 4.78 is 70.7. The highest BCUT2D eigenvalue weighted by molar-refractivity contribution is 7.89. The fourth-order valence-corrected chi connectivity index (χ4v) is 5.14. The van der Waals surface area contributed by atoms with E-state index in [1.54, 1.807) is 30.3 Å². The third kappa shape index (κ3) is 7.90. The molecule has 0 radical (unpaired) electrons. The second-order valence-corrected chi connectivity index (χ2v) is 11.1. The van der Waals surface area contributed by atoms with Crippen LogP contribution in [0.3, 0.4) is 0 Å². The molecular weight excluding hydrogens is 613 g/mol. The molecule has 45 heavy (non-hydrogen) atoms. The van der Waals surface area contributed by atoms with E-state index in [1.165, 1.54) is 36.5 Å². The Balaban J connectivity index is 1.30. The van der Waals surface area contributed by atoms with E-state index < -0.39 is 28.7 Å². The van der Waals surface area contributed by atoms with Crippen molar-refractivity contribution < 1.29 is 36.0 Å². The van der Waals surface area contributed by atoms with Gasteiger partial charge >= 0.3 is 12.1 Å². The first-order valence-corrected chi connectivity index (χ1v) is 14.5. The molecule has 230 valence electrons. The molecular formula is C30H23F3N6O5S. The Morgan fingerprint density at radius 2 is 1.53 bits per heavy atom. The summed E-state index contributed by atoms with van der Waals surface area (Å²) in [6, 6.07) is 27.2. The first kappa shape index (κ1) is 30.9. The van der Waals surface area contributed by atoms with Crippen molar-refractivity contribution in [3.8, 4) is 22.8 Å². The van der Waals surface area contributed by atoms with E-state index in [9.17, 15) is 26.4 Å². The summed E-state index contributed by atoms with van der Waals surface area (Å²) in [5.74, 6) is -1.58. The van der Waals surface area contributed by atoms with E-state index in [2.05, 4.69) is 25.1 Å². The molecule has 0 aliphatic carbocycles. The van der Waals surface area contributed by atoms with Gasteiger partial charge in [0.1, 0.15) is 17.3 Å². The standard InChI is InChI=1S/C30H23F3N6O5S/c31-30(32,33)28(40)44-39(45(41,42)25-9-5-2-6-10-25)19-22-17-24(15-16-35-22)43-23-13-11-21(12-14-23)36-27-18-26(37-29(34)38-27)20-7-3-1-4-8-20/h1-18H,19H2,(H3,34,36,37,38). The summed E-state index contributed by atoms with van der Waals surface area (Å²) in [4.78, 5) is 28.0. The average Bonchev–Trinajstić information content (AvgIpc) is 3.02. The lowest BCUT2D eigenvalue weighted by Crippen LogP contribution is -2.38. The molecule has 3 N–H and O–H groups in total. The van der Waals surface area contributed by atoms with E-state index in [-0.39, 0.29) is 26.8 Å². The van der Waals surface area contributed by atoms with Gasteiger partial charge in [0.25, 0.3) is 10.0 Å². The normalized spacial score (nSPS) is 11.6. The Morgan fingerprint density at radius 3 is 2.20 bits per heavy atom. The largest absolute Gasteiger partial charge is 0.492 e. The van der Waals surface area contributed by atoms with E-state index in [0.717, 1.165) is 17.7 Å². The molecule has 0 saturated carbocycles. The quantitative estimate of drug-likeness (QED) is 0.178. The van der Waals surface area contributed by atoms with Crippen LogP contribution in [0.1, 0.15) is 5.69 Å². The average molecular weight is 637 g/mol. The number of alkyl halides is 3. The topological polar surface area (TPSA) is 150 Å². The summed E-state index contributed by atoms with van der Waals surface area (Å²) in [5, 5.41) is 3.15. The Morgan fingerprint density at radius 1 is 0.867 bits per heavy atom. The van der Waals surface area contributed by atoms with E-state index in [4.69, 9.17) is 10.5 Å². The van der Waals surface area contributed by atoms with Crippen LogP contribution < -0.4 is 15.8 Å². The van der Waals surface area contributed by atoms with Gasteiger partial charge < -0.3 is 20.6 Å². The summed E-state index contributed by atoms with van der Waals surface area (Å²) in [6.45, 7) is -0.827.